The van der Waals surface area contributed by atoms with Crippen LogP contribution in [0.3, 0.4) is 0 Å². The molecular formula is C19H14N4O. The highest BCUT2D eigenvalue weighted by Crippen LogP contribution is 2.37. The number of hydrogen-bond donors (Lipinski definition) is 1. The van der Waals surface area contributed by atoms with E-state index < -0.39 is 5.54 Å². The lowest BCUT2D eigenvalue weighted by Crippen LogP contribution is -2.38. The van der Waals surface area contributed by atoms with Crippen LogP contribution in [0.15, 0.2) is 84.2 Å². The minimum Gasteiger partial charge on any atom is -0.306 e. The molecule has 0 radical (unpaired) electrons. The van der Waals surface area contributed by atoms with Crippen molar-refractivity contribution >= 4 is 11.7 Å². The SMILES string of the molecule is O=C1NC(c2cnccn2)=NC1(c1ccccc1)c1ccccc1. The summed E-state index contributed by atoms with van der Waals surface area (Å²) in [6, 6.07) is 19.1. The smallest absolute Gasteiger partial charge is 0.262 e. The van der Waals surface area contributed by atoms with Crippen molar-refractivity contribution in [3.63, 3.8) is 0 Å². The van der Waals surface area contributed by atoms with Gasteiger partial charge in [0.25, 0.3) is 5.91 Å². The van der Waals surface area contributed by atoms with E-state index in [0.29, 0.717) is 11.5 Å². The van der Waals surface area contributed by atoms with Gasteiger partial charge in [-0.3, -0.25) is 9.78 Å². The summed E-state index contributed by atoms with van der Waals surface area (Å²) in [4.78, 5) is 26.1. The van der Waals surface area contributed by atoms with Gasteiger partial charge in [0, 0.05) is 12.4 Å². The largest absolute Gasteiger partial charge is 0.306 e. The lowest BCUT2D eigenvalue weighted by molar-refractivity contribution is -0.122. The Kier molecular flexibility index (Phi) is 3.39. The summed E-state index contributed by atoms with van der Waals surface area (Å²) in [6.07, 6.45) is 4.75. The van der Waals surface area contributed by atoms with Crippen LogP contribution < -0.4 is 5.32 Å². The van der Waals surface area contributed by atoms with Gasteiger partial charge in [0.15, 0.2) is 11.4 Å². The maximum Gasteiger partial charge on any atom is 0.262 e. The van der Waals surface area contributed by atoms with E-state index in [9.17, 15) is 4.79 Å². The van der Waals surface area contributed by atoms with Crippen molar-refractivity contribution in [2.45, 2.75) is 5.54 Å². The van der Waals surface area contributed by atoms with Crippen molar-refractivity contribution in [2.24, 2.45) is 4.99 Å². The lowest BCUT2D eigenvalue weighted by atomic mass is 9.83. The Bertz CT molecular complexity index is 853. The van der Waals surface area contributed by atoms with Crippen LogP contribution >= 0.6 is 0 Å². The molecule has 1 aliphatic rings. The van der Waals surface area contributed by atoms with E-state index in [0.717, 1.165) is 11.1 Å². The van der Waals surface area contributed by atoms with Crippen LogP contribution in [0.5, 0.6) is 0 Å². The van der Waals surface area contributed by atoms with Crippen molar-refractivity contribution in [2.75, 3.05) is 0 Å². The zero-order valence-corrected chi connectivity index (χ0v) is 12.8. The molecule has 0 fully saturated rings. The lowest BCUT2D eigenvalue weighted by Gasteiger charge is -2.24. The van der Waals surface area contributed by atoms with Gasteiger partial charge in [-0.05, 0) is 11.1 Å². The average molecular weight is 314 g/mol. The molecule has 0 saturated heterocycles. The highest BCUT2D eigenvalue weighted by atomic mass is 16.2. The molecule has 1 aromatic heterocycles. The van der Waals surface area contributed by atoms with E-state index in [1.165, 1.54) is 0 Å². The zero-order valence-electron chi connectivity index (χ0n) is 12.8. The predicted molar refractivity (Wildman–Crippen MR) is 90.4 cm³/mol. The maximum absolute atomic E-state index is 13.0. The van der Waals surface area contributed by atoms with E-state index >= 15 is 0 Å². The molecule has 0 atom stereocenters. The average Bonchev–Trinajstić information content (AvgIpc) is 3.02. The van der Waals surface area contributed by atoms with Gasteiger partial charge < -0.3 is 5.32 Å². The van der Waals surface area contributed by atoms with Gasteiger partial charge in [0.1, 0.15) is 5.69 Å². The van der Waals surface area contributed by atoms with Crippen molar-refractivity contribution in [3.05, 3.63) is 96.1 Å². The first-order valence-corrected chi connectivity index (χ1v) is 7.59. The molecule has 5 nitrogen and oxygen atoms in total. The number of rotatable bonds is 3. The molecule has 5 heteroatoms. The third kappa shape index (κ3) is 2.18. The Morgan fingerprint density at radius 2 is 1.46 bits per heavy atom. The molecule has 0 aliphatic carbocycles. The van der Waals surface area contributed by atoms with Gasteiger partial charge in [-0.25, -0.2) is 9.98 Å². The zero-order chi connectivity index (χ0) is 16.4. The number of hydrogen-bond acceptors (Lipinski definition) is 4. The van der Waals surface area contributed by atoms with Crippen molar-refractivity contribution in [3.8, 4) is 0 Å². The van der Waals surface area contributed by atoms with Crippen molar-refractivity contribution in [1.29, 1.82) is 0 Å². The van der Waals surface area contributed by atoms with Gasteiger partial charge in [0.2, 0.25) is 0 Å². The molecular weight excluding hydrogens is 300 g/mol. The molecule has 0 bridgehead atoms. The Hall–Kier alpha value is -3.34. The first-order chi connectivity index (χ1) is 11.8. The fraction of sp³-hybridized carbons (Fsp3) is 0.0526. The molecule has 1 amide bonds. The fourth-order valence-electron chi connectivity index (χ4n) is 2.90. The number of nitrogens with zero attached hydrogens (tertiary/aromatic N) is 3. The first-order valence-electron chi connectivity index (χ1n) is 7.59. The summed E-state index contributed by atoms with van der Waals surface area (Å²) in [5.74, 6) is 0.237. The molecule has 4 rings (SSSR count). The number of aliphatic imine (C=N–C) groups is 1. The molecule has 2 heterocycles. The predicted octanol–water partition coefficient (Wildman–Crippen LogP) is 2.30. The van der Waals surface area contributed by atoms with E-state index in [1.807, 2.05) is 60.7 Å². The number of benzene rings is 2. The van der Waals surface area contributed by atoms with Crippen LogP contribution in [0.25, 0.3) is 0 Å². The molecule has 1 aliphatic heterocycles. The van der Waals surface area contributed by atoms with Crippen molar-refractivity contribution in [1.82, 2.24) is 15.3 Å². The second kappa shape index (κ2) is 5.70. The van der Waals surface area contributed by atoms with E-state index in [1.54, 1.807) is 18.6 Å². The Labute approximate surface area is 139 Å². The molecule has 116 valence electrons. The molecule has 24 heavy (non-hydrogen) atoms. The number of nitrogens with one attached hydrogen (secondary N) is 1. The molecule has 0 spiro atoms. The Balaban J connectivity index is 1.94. The van der Waals surface area contributed by atoms with Crippen molar-refractivity contribution < 1.29 is 4.79 Å². The Morgan fingerprint density at radius 1 is 0.833 bits per heavy atom. The number of carbonyl (C=O) groups excluding carboxylic acids is 1. The van der Waals surface area contributed by atoms with Gasteiger partial charge in [-0.15, -0.1) is 0 Å². The molecule has 0 unspecified atom stereocenters. The second-order valence-corrected chi connectivity index (χ2v) is 5.45. The van der Waals surface area contributed by atoms with Crippen LogP contribution in [-0.4, -0.2) is 21.7 Å². The highest BCUT2D eigenvalue weighted by Gasteiger charge is 2.47. The van der Waals surface area contributed by atoms with E-state index in [4.69, 9.17) is 4.99 Å². The van der Waals surface area contributed by atoms with Crippen LogP contribution in [0, 0.1) is 0 Å². The summed E-state index contributed by atoms with van der Waals surface area (Å²) < 4.78 is 0. The van der Waals surface area contributed by atoms with Gasteiger partial charge >= 0.3 is 0 Å². The summed E-state index contributed by atoms with van der Waals surface area (Å²) in [5.41, 5.74) is 1.05. The quantitative estimate of drug-likeness (QED) is 0.806. The first kappa shape index (κ1) is 14.3. The third-order valence-electron chi connectivity index (χ3n) is 4.03. The standard InChI is InChI=1S/C19H14N4O/c24-18-19(14-7-3-1-4-8-14,15-9-5-2-6-10-15)23-17(22-18)16-13-20-11-12-21-16/h1-13H,(H,22,23,24). The minimum absolute atomic E-state index is 0.194. The van der Waals surface area contributed by atoms with Crippen LogP contribution in [0.1, 0.15) is 16.8 Å². The third-order valence-corrected chi connectivity index (χ3v) is 4.03. The minimum atomic E-state index is -1.12. The molecule has 3 aromatic rings. The normalized spacial score (nSPS) is 15.7. The monoisotopic (exact) mass is 314 g/mol. The van der Waals surface area contributed by atoms with E-state index in [-0.39, 0.29) is 5.91 Å². The van der Waals surface area contributed by atoms with Gasteiger partial charge in [0.05, 0.1) is 6.20 Å². The van der Waals surface area contributed by atoms with Crippen LogP contribution in [-0.2, 0) is 10.3 Å². The van der Waals surface area contributed by atoms with E-state index in [2.05, 4.69) is 15.3 Å². The summed E-state index contributed by atoms with van der Waals surface area (Å²) in [7, 11) is 0. The number of amidine groups is 1. The number of carbonyl (C=O) groups is 1. The highest BCUT2D eigenvalue weighted by molar-refractivity contribution is 6.15. The Morgan fingerprint density at radius 3 is 2.00 bits per heavy atom. The molecule has 1 N–H and O–H groups in total. The topological polar surface area (TPSA) is 67.2 Å². The molecule has 0 saturated carbocycles. The number of amides is 1. The van der Waals surface area contributed by atoms with Gasteiger partial charge in [-0.2, -0.15) is 0 Å². The maximum atomic E-state index is 13.0. The number of aromatic nitrogens is 2. The van der Waals surface area contributed by atoms with Crippen LogP contribution in [0.2, 0.25) is 0 Å². The molecule has 2 aromatic carbocycles. The summed E-state index contributed by atoms with van der Waals surface area (Å²) in [6.45, 7) is 0. The second-order valence-electron chi connectivity index (χ2n) is 5.45. The van der Waals surface area contributed by atoms with Gasteiger partial charge in [-0.1, -0.05) is 60.7 Å². The summed E-state index contributed by atoms with van der Waals surface area (Å²) >= 11 is 0. The summed E-state index contributed by atoms with van der Waals surface area (Å²) in [5, 5.41) is 2.87. The fourth-order valence-corrected chi connectivity index (χ4v) is 2.90. The van der Waals surface area contributed by atoms with Crippen LogP contribution in [0.4, 0.5) is 0 Å².